The van der Waals surface area contributed by atoms with Crippen LogP contribution in [-0.2, 0) is 11.3 Å². The van der Waals surface area contributed by atoms with Crippen LogP contribution in [0.4, 0.5) is 5.69 Å². The van der Waals surface area contributed by atoms with Gasteiger partial charge >= 0.3 is 5.76 Å². The number of aromatic nitrogens is 1. The summed E-state index contributed by atoms with van der Waals surface area (Å²) in [7, 11) is 0. The van der Waals surface area contributed by atoms with Crippen LogP contribution in [0.2, 0.25) is 0 Å². The number of nitrogens with zero attached hydrogens (tertiary/aromatic N) is 1. The van der Waals surface area contributed by atoms with E-state index in [-0.39, 0.29) is 23.8 Å². The number of hydrogen-bond acceptors (Lipinski definition) is 4. The molecule has 1 N–H and O–H groups in total. The summed E-state index contributed by atoms with van der Waals surface area (Å²) in [5, 5.41) is 2.87. The van der Waals surface area contributed by atoms with Crippen LogP contribution >= 0.6 is 0 Å². The number of oxazole rings is 1. The second-order valence-electron chi connectivity index (χ2n) is 6.51. The molecule has 6 heteroatoms. The van der Waals surface area contributed by atoms with Gasteiger partial charge in [-0.15, -0.1) is 0 Å². The fourth-order valence-corrected chi connectivity index (χ4v) is 3.13. The smallest absolute Gasteiger partial charge is 0.408 e. The van der Waals surface area contributed by atoms with Crippen LogP contribution in [0.15, 0.2) is 39.5 Å². The summed E-state index contributed by atoms with van der Waals surface area (Å²) in [4.78, 5) is 36.1. The summed E-state index contributed by atoms with van der Waals surface area (Å²) in [6.45, 7) is 7.13. The SMILES string of the molecule is CC(=O)c1ccc2c(c1)oc(=O)n2CC(=O)Nc1c(C)cc(C)cc1C. The van der Waals surface area contributed by atoms with Gasteiger partial charge < -0.3 is 9.73 Å². The van der Waals surface area contributed by atoms with Crippen LogP contribution in [-0.4, -0.2) is 16.3 Å². The predicted molar refractivity (Wildman–Crippen MR) is 99.8 cm³/mol. The Morgan fingerprint density at radius 3 is 2.35 bits per heavy atom. The second-order valence-corrected chi connectivity index (χ2v) is 6.51. The number of carbonyl (C=O) groups excluding carboxylic acids is 2. The van der Waals surface area contributed by atoms with Crippen molar-refractivity contribution in [2.24, 2.45) is 0 Å². The number of benzene rings is 2. The molecule has 3 aromatic rings. The van der Waals surface area contributed by atoms with Gasteiger partial charge in [-0.3, -0.25) is 14.2 Å². The highest BCUT2D eigenvalue weighted by Gasteiger charge is 2.15. The molecular weight excluding hydrogens is 332 g/mol. The molecule has 0 saturated carbocycles. The minimum absolute atomic E-state index is 0.120. The lowest BCUT2D eigenvalue weighted by molar-refractivity contribution is -0.116. The molecule has 0 bridgehead atoms. The molecule has 0 fully saturated rings. The van der Waals surface area contributed by atoms with E-state index in [2.05, 4.69) is 5.32 Å². The molecule has 0 saturated heterocycles. The molecule has 1 amide bonds. The molecule has 3 rings (SSSR count). The van der Waals surface area contributed by atoms with Gasteiger partial charge in [0.2, 0.25) is 5.91 Å². The molecule has 134 valence electrons. The van der Waals surface area contributed by atoms with E-state index in [0.29, 0.717) is 11.1 Å². The predicted octanol–water partition coefficient (Wildman–Crippen LogP) is 3.36. The maximum Gasteiger partial charge on any atom is 0.420 e. The van der Waals surface area contributed by atoms with Crippen LogP contribution in [0.25, 0.3) is 11.1 Å². The van der Waals surface area contributed by atoms with Crippen LogP contribution < -0.4 is 11.1 Å². The first-order valence-corrected chi connectivity index (χ1v) is 8.28. The molecule has 6 nitrogen and oxygen atoms in total. The molecule has 0 aliphatic carbocycles. The van der Waals surface area contributed by atoms with Crippen molar-refractivity contribution in [3.8, 4) is 0 Å². The molecule has 0 aliphatic heterocycles. The first kappa shape index (κ1) is 17.7. The Morgan fingerprint density at radius 1 is 1.08 bits per heavy atom. The van der Waals surface area contributed by atoms with E-state index in [0.717, 1.165) is 22.4 Å². The highest BCUT2D eigenvalue weighted by atomic mass is 16.4. The van der Waals surface area contributed by atoms with E-state index >= 15 is 0 Å². The van der Waals surface area contributed by atoms with Gasteiger partial charge in [0.05, 0.1) is 5.52 Å². The number of fused-ring (bicyclic) bond motifs is 1. The monoisotopic (exact) mass is 352 g/mol. The Kier molecular flexibility index (Phi) is 4.50. The number of Topliss-reactive ketones (excluding diaryl/α,β-unsaturated/α-hetero) is 1. The number of rotatable bonds is 4. The van der Waals surface area contributed by atoms with Gasteiger partial charge in [-0.05, 0) is 57.0 Å². The zero-order valence-electron chi connectivity index (χ0n) is 15.2. The fourth-order valence-electron chi connectivity index (χ4n) is 3.13. The zero-order valence-corrected chi connectivity index (χ0v) is 15.2. The number of aryl methyl sites for hydroxylation is 3. The first-order valence-electron chi connectivity index (χ1n) is 8.28. The average molecular weight is 352 g/mol. The molecule has 0 aliphatic rings. The van der Waals surface area contributed by atoms with E-state index in [4.69, 9.17) is 4.42 Å². The minimum Gasteiger partial charge on any atom is -0.408 e. The largest absolute Gasteiger partial charge is 0.420 e. The Hall–Kier alpha value is -3.15. The molecule has 0 radical (unpaired) electrons. The van der Waals surface area contributed by atoms with Gasteiger partial charge in [0, 0.05) is 11.3 Å². The van der Waals surface area contributed by atoms with Gasteiger partial charge in [-0.2, -0.15) is 0 Å². The summed E-state index contributed by atoms with van der Waals surface area (Å²) < 4.78 is 6.44. The zero-order chi connectivity index (χ0) is 19.0. The van der Waals surface area contributed by atoms with Crippen LogP contribution in [0, 0.1) is 20.8 Å². The van der Waals surface area contributed by atoms with E-state index < -0.39 is 5.76 Å². The normalized spacial score (nSPS) is 10.9. The fraction of sp³-hybridized carbons (Fsp3) is 0.250. The summed E-state index contributed by atoms with van der Waals surface area (Å²) >= 11 is 0. The van der Waals surface area contributed by atoms with Crippen molar-refractivity contribution in [3.05, 3.63) is 63.1 Å². The summed E-state index contributed by atoms with van der Waals surface area (Å²) in [6, 6.07) is 8.73. The number of hydrogen-bond donors (Lipinski definition) is 1. The third kappa shape index (κ3) is 3.31. The lowest BCUT2D eigenvalue weighted by Crippen LogP contribution is -2.25. The van der Waals surface area contributed by atoms with Gasteiger partial charge in [-0.1, -0.05) is 17.7 Å². The number of amides is 1. The van der Waals surface area contributed by atoms with E-state index in [9.17, 15) is 14.4 Å². The highest BCUT2D eigenvalue weighted by molar-refractivity contribution is 5.97. The molecular formula is C20H20N2O4. The molecule has 0 atom stereocenters. The Bertz CT molecular complexity index is 1070. The summed E-state index contributed by atoms with van der Waals surface area (Å²) in [6.07, 6.45) is 0. The number of ketones is 1. The van der Waals surface area contributed by atoms with Crippen molar-refractivity contribution in [1.29, 1.82) is 0 Å². The second kappa shape index (κ2) is 6.63. The van der Waals surface area contributed by atoms with Crippen molar-refractivity contribution in [2.45, 2.75) is 34.2 Å². The molecule has 1 aromatic heterocycles. The standard InChI is InChI=1S/C20H20N2O4/c1-11-7-12(2)19(13(3)8-11)21-18(24)10-22-16-6-5-15(14(4)23)9-17(16)26-20(22)25/h5-9H,10H2,1-4H3,(H,21,24). The first-order chi connectivity index (χ1) is 12.3. The van der Waals surface area contributed by atoms with Gasteiger partial charge in [-0.25, -0.2) is 4.79 Å². The molecule has 2 aromatic carbocycles. The lowest BCUT2D eigenvalue weighted by atomic mass is 10.1. The van der Waals surface area contributed by atoms with Crippen LogP contribution in [0.3, 0.4) is 0 Å². The summed E-state index contributed by atoms with van der Waals surface area (Å²) in [5.41, 5.74) is 5.02. The van der Waals surface area contributed by atoms with E-state index in [1.807, 2.05) is 32.9 Å². The van der Waals surface area contributed by atoms with Crippen molar-refractivity contribution >= 4 is 28.5 Å². The number of anilines is 1. The molecule has 26 heavy (non-hydrogen) atoms. The third-order valence-electron chi connectivity index (χ3n) is 4.32. The molecule has 1 heterocycles. The lowest BCUT2D eigenvalue weighted by Gasteiger charge is -2.13. The average Bonchev–Trinajstić information content (AvgIpc) is 2.85. The molecule has 0 spiro atoms. The van der Waals surface area contributed by atoms with Crippen molar-refractivity contribution in [2.75, 3.05) is 5.32 Å². The van der Waals surface area contributed by atoms with Crippen molar-refractivity contribution in [3.63, 3.8) is 0 Å². The van der Waals surface area contributed by atoms with Crippen molar-refractivity contribution in [1.82, 2.24) is 4.57 Å². The maximum atomic E-state index is 12.5. The van der Waals surface area contributed by atoms with E-state index in [1.165, 1.54) is 17.6 Å². The van der Waals surface area contributed by atoms with Gasteiger partial charge in [0.1, 0.15) is 6.54 Å². The Labute approximate surface area is 150 Å². The van der Waals surface area contributed by atoms with Gasteiger partial charge in [0.25, 0.3) is 0 Å². The Morgan fingerprint density at radius 2 is 1.73 bits per heavy atom. The Balaban J connectivity index is 1.89. The molecule has 0 unspecified atom stereocenters. The van der Waals surface area contributed by atoms with Crippen LogP contribution in [0.5, 0.6) is 0 Å². The quantitative estimate of drug-likeness (QED) is 0.730. The maximum absolute atomic E-state index is 12.5. The number of carbonyl (C=O) groups is 2. The van der Waals surface area contributed by atoms with Crippen molar-refractivity contribution < 1.29 is 14.0 Å². The topological polar surface area (TPSA) is 81.3 Å². The minimum atomic E-state index is -0.631. The van der Waals surface area contributed by atoms with E-state index in [1.54, 1.807) is 12.1 Å². The van der Waals surface area contributed by atoms with Crippen LogP contribution in [0.1, 0.15) is 34.0 Å². The third-order valence-corrected chi connectivity index (χ3v) is 4.32. The van der Waals surface area contributed by atoms with Gasteiger partial charge in [0.15, 0.2) is 11.4 Å². The number of nitrogens with one attached hydrogen (secondary N) is 1. The highest BCUT2D eigenvalue weighted by Crippen LogP contribution is 2.22. The summed E-state index contributed by atoms with van der Waals surface area (Å²) in [5.74, 6) is -1.07.